The number of amides is 1. The van der Waals surface area contributed by atoms with Gasteiger partial charge in [-0.2, -0.15) is 18.2 Å². The van der Waals surface area contributed by atoms with E-state index in [9.17, 15) is 26.4 Å². The Bertz CT molecular complexity index is 1460. The number of nitrogens with one attached hydrogen (secondary N) is 3. The van der Waals surface area contributed by atoms with Gasteiger partial charge in [-0.3, -0.25) is 9.10 Å². The molecule has 0 fully saturated rings. The third-order valence-electron chi connectivity index (χ3n) is 5.89. The molecule has 4 rings (SSSR count). The van der Waals surface area contributed by atoms with Crippen molar-refractivity contribution in [2.24, 2.45) is 0 Å². The quantitative estimate of drug-likeness (QED) is 0.391. The fraction of sp³-hybridized carbons (Fsp3) is 0.292. The van der Waals surface area contributed by atoms with Gasteiger partial charge in [0.25, 0.3) is 0 Å². The van der Waals surface area contributed by atoms with E-state index in [1.807, 2.05) is 0 Å². The molecule has 0 atom stereocenters. The van der Waals surface area contributed by atoms with Crippen molar-refractivity contribution < 1.29 is 26.4 Å². The van der Waals surface area contributed by atoms with Gasteiger partial charge in [-0.25, -0.2) is 13.4 Å². The summed E-state index contributed by atoms with van der Waals surface area (Å²) in [6.45, 7) is 3.19. The van der Waals surface area contributed by atoms with E-state index in [1.165, 1.54) is 14.0 Å². The molecular formula is C24H25F3N6O3S. The van der Waals surface area contributed by atoms with Crippen molar-refractivity contribution in [1.29, 1.82) is 0 Å². The Labute approximate surface area is 212 Å². The molecule has 13 heteroatoms. The van der Waals surface area contributed by atoms with Gasteiger partial charge in [0.15, 0.2) is 0 Å². The SMILES string of the molecule is CCS(=O)(=O)N(C)c1cc(C)ccc1CNc1nc(Nc2ccc3c(c2)CC(=O)N3)ncc1C(F)(F)F. The molecule has 1 aliphatic rings. The summed E-state index contributed by atoms with van der Waals surface area (Å²) < 4.78 is 67.1. The van der Waals surface area contributed by atoms with Gasteiger partial charge in [0, 0.05) is 31.2 Å². The molecule has 0 saturated heterocycles. The number of hydrogen-bond donors (Lipinski definition) is 3. The highest BCUT2D eigenvalue weighted by atomic mass is 32.2. The zero-order valence-electron chi connectivity index (χ0n) is 20.3. The Kier molecular flexibility index (Phi) is 7.00. The summed E-state index contributed by atoms with van der Waals surface area (Å²) >= 11 is 0. The van der Waals surface area contributed by atoms with Crippen LogP contribution in [0.2, 0.25) is 0 Å². The minimum atomic E-state index is -4.72. The van der Waals surface area contributed by atoms with Crippen LogP contribution in [0, 0.1) is 6.92 Å². The summed E-state index contributed by atoms with van der Waals surface area (Å²) in [6.07, 6.45) is -3.84. The fourth-order valence-electron chi connectivity index (χ4n) is 3.86. The molecule has 2 aromatic carbocycles. The minimum absolute atomic E-state index is 0.0810. The molecule has 0 unspecified atom stereocenters. The van der Waals surface area contributed by atoms with Crippen LogP contribution in [0.25, 0.3) is 0 Å². The Balaban J connectivity index is 1.63. The first-order valence-corrected chi connectivity index (χ1v) is 12.9. The summed E-state index contributed by atoms with van der Waals surface area (Å²) in [5.74, 6) is -0.813. The van der Waals surface area contributed by atoms with Crippen molar-refractivity contribution in [3.05, 3.63) is 64.8 Å². The number of sulfonamides is 1. The smallest absolute Gasteiger partial charge is 0.365 e. The third-order valence-corrected chi connectivity index (χ3v) is 7.65. The molecule has 196 valence electrons. The first-order valence-electron chi connectivity index (χ1n) is 11.3. The monoisotopic (exact) mass is 534 g/mol. The number of halogens is 3. The van der Waals surface area contributed by atoms with Crippen LogP contribution < -0.4 is 20.3 Å². The molecule has 0 radical (unpaired) electrons. The zero-order valence-corrected chi connectivity index (χ0v) is 21.1. The predicted octanol–water partition coefficient (Wildman–Crippen LogP) is 4.44. The summed E-state index contributed by atoms with van der Waals surface area (Å²) in [7, 11) is -2.18. The van der Waals surface area contributed by atoms with E-state index < -0.39 is 27.6 Å². The highest BCUT2D eigenvalue weighted by Crippen LogP contribution is 2.35. The van der Waals surface area contributed by atoms with Gasteiger partial charge < -0.3 is 16.0 Å². The number of aromatic nitrogens is 2. The average Bonchev–Trinajstić information content (AvgIpc) is 3.21. The highest BCUT2D eigenvalue weighted by molar-refractivity contribution is 7.92. The molecule has 0 saturated carbocycles. The summed E-state index contributed by atoms with van der Waals surface area (Å²) in [5, 5.41) is 8.29. The number of aryl methyl sites for hydroxylation is 1. The van der Waals surface area contributed by atoms with Crippen LogP contribution in [-0.4, -0.2) is 37.1 Å². The maximum atomic E-state index is 13.7. The minimum Gasteiger partial charge on any atom is -0.365 e. The van der Waals surface area contributed by atoms with Crippen LogP contribution >= 0.6 is 0 Å². The van der Waals surface area contributed by atoms with Gasteiger partial charge in [0.05, 0.1) is 17.9 Å². The van der Waals surface area contributed by atoms with Gasteiger partial charge in [-0.15, -0.1) is 0 Å². The van der Waals surface area contributed by atoms with Crippen LogP contribution in [0.15, 0.2) is 42.6 Å². The van der Waals surface area contributed by atoms with Crippen LogP contribution in [0.1, 0.15) is 29.2 Å². The van der Waals surface area contributed by atoms with Crippen molar-refractivity contribution in [2.75, 3.05) is 33.1 Å². The maximum absolute atomic E-state index is 13.7. The van der Waals surface area contributed by atoms with Crippen LogP contribution in [0.4, 0.5) is 42.0 Å². The molecule has 0 spiro atoms. The molecule has 0 aliphatic carbocycles. The predicted molar refractivity (Wildman–Crippen MR) is 135 cm³/mol. The van der Waals surface area contributed by atoms with Gasteiger partial charge >= 0.3 is 6.18 Å². The number of benzene rings is 2. The van der Waals surface area contributed by atoms with E-state index in [1.54, 1.807) is 43.3 Å². The third kappa shape index (κ3) is 5.77. The highest BCUT2D eigenvalue weighted by Gasteiger charge is 2.35. The average molecular weight is 535 g/mol. The van der Waals surface area contributed by atoms with Gasteiger partial charge in [0.1, 0.15) is 11.4 Å². The molecule has 3 aromatic rings. The van der Waals surface area contributed by atoms with Gasteiger partial charge in [0.2, 0.25) is 21.9 Å². The first-order chi connectivity index (χ1) is 17.4. The number of carbonyl (C=O) groups is 1. The lowest BCUT2D eigenvalue weighted by Gasteiger charge is -2.23. The standard InChI is InChI=1S/C24H25F3N6O3S/c1-4-37(35,36)33(3)20-9-14(2)5-6-15(20)12-28-22-18(24(25,26)27)13-29-23(32-22)30-17-7-8-19-16(10-17)11-21(34)31-19/h5-10,13H,4,11-12H2,1-3H3,(H,31,34)(H2,28,29,30,32). The zero-order chi connectivity index (χ0) is 27.0. The second-order valence-corrected chi connectivity index (χ2v) is 10.8. The van der Waals surface area contributed by atoms with Gasteiger partial charge in [-0.05, 0) is 54.8 Å². The maximum Gasteiger partial charge on any atom is 0.421 e. The Hall–Kier alpha value is -3.87. The van der Waals surface area contributed by atoms with E-state index in [0.717, 1.165) is 15.4 Å². The van der Waals surface area contributed by atoms with Crippen LogP contribution in [-0.2, 0) is 34.0 Å². The molecule has 3 N–H and O–H groups in total. The molecule has 0 bridgehead atoms. The van der Waals surface area contributed by atoms with Crippen molar-refractivity contribution in [2.45, 2.75) is 33.0 Å². The molecule has 1 aliphatic heterocycles. The normalized spacial score (nSPS) is 13.2. The number of carbonyl (C=O) groups excluding carboxylic acids is 1. The summed E-state index contributed by atoms with van der Waals surface area (Å²) in [6, 6.07) is 10.1. The Morgan fingerprint density at radius 2 is 1.92 bits per heavy atom. The lowest BCUT2D eigenvalue weighted by atomic mass is 10.1. The summed E-state index contributed by atoms with van der Waals surface area (Å²) in [4.78, 5) is 19.4. The molecular weight excluding hydrogens is 509 g/mol. The first kappa shape index (κ1) is 26.2. The Morgan fingerprint density at radius 1 is 1.16 bits per heavy atom. The van der Waals surface area contributed by atoms with Crippen LogP contribution in [0.3, 0.4) is 0 Å². The van der Waals surface area contributed by atoms with Crippen molar-refractivity contribution in [1.82, 2.24) is 9.97 Å². The number of hydrogen-bond acceptors (Lipinski definition) is 7. The van der Waals surface area contributed by atoms with E-state index in [2.05, 4.69) is 25.9 Å². The molecule has 9 nitrogen and oxygen atoms in total. The molecule has 2 heterocycles. The van der Waals surface area contributed by atoms with E-state index in [0.29, 0.717) is 28.8 Å². The van der Waals surface area contributed by atoms with E-state index in [4.69, 9.17) is 0 Å². The lowest BCUT2D eigenvalue weighted by molar-refractivity contribution is -0.137. The fourth-order valence-corrected chi connectivity index (χ4v) is 4.72. The van der Waals surface area contributed by atoms with E-state index in [-0.39, 0.29) is 30.6 Å². The molecule has 1 amide bonds. The van der Waals surface area contributed by atoms with Crippen molar-refractivity contribution in [3.63, 3.8) is 0 Å². The molecule has 1 aromatic heterocycles. The Morgan fingerprint density at radius 3 is 2.62 bits per heavy atom. The van der Waals surface area contributed by atoms with Crippen molar-refractivity contribution >= 4 is 44.8 Å². The van der Waals surface area contributed by atoms with Crippen LogP contribution in [0.5, 0.6) is 0 Å². The molecule has 37 heavy (non-hydrogen) atoms. The van der Waals surface area contributed by atoms with Crippen molar-refractivity contribution in [3.8, 4) is 0 Å². The van der Waals surface area contributed by atoms with Gasteiger partial charge in [-0.1, -0.05) is 12.1 Å². The second kappa shape index (κ2) is 9.88. The number of alkyl halides is 3. The summed E-state index contributed by atoms with van der Waals surface area (Å²) in [5.41, 5.74) is 2.50. The van der Waals surface area contributed by atoms with E-state index >= 15 is 0 Å². The number of anilines is 5. The second-order valence-electron chi connectivity index (χ2n) is 8.53. The number of fused-ring (bicyclic) bond motifs is 1. The number of rotatable bonds is 8. The lowest BCUT2D eigenvalue weighted by Crippen LogP contribution is -2.29. The number of nitrogens with zero attached hydrogens (tertiary/aromatic N) is 3. The topological polar surface area (TPSA) is 116 Å². The largest absolute Gasteiger partial charge is 0.421 e.